The van der Waals surface area contributed by atoms with Crippen molar-refractivity contribution in [1.29, 1.82) is 0 Å². The molecule has 0 amide bonds. The molecule has 13 heteroatoms. The van der Waals surface area contributed by atoms with Gasteiger partial charge in [0.25, 0.3) is 0 Å². The molecule has 0 aromatic heterocycles. The van der Waals surface area contributed by atoms with Crippen LogP contribution in [-0.2, 0) is 42.9 Å². The van der Waals surface area contributed by atoms with Gasteiger partial charge in [-0.1, -0.05) is 26.8 Å². The molecule has 1 saturated heterocycles. The maximum absolute atomic E-state index is 13.3. The van der Waals surface area contributed by atoms with Crippen molar-refractivity contribution in [3.05, 3.63) is 23.8 Å². The highest BCUT2D eigenvalue weighted by molar-refractivity contribution is 6.21. The molecule has 1 aromatic rings. The quantitative estimate of drug-likeness (QED) is 0.113. The molecule has 1 heterocycles. The summed E-state index contributed by atoms with van der Waals surface area (Å²) in [6.07, 6.45) is -1.76. The summed E-state index contributed by atoms with van der Waals surface area (Å²) in [5.41, 5.74) is 5.05. The van der Waals surface area contributed by atoms with Crippen LogP contribution in [0.4, 0.5) is 0 Å². The Morgan fingerprint density at radius 1 is 0.976 bits per heavy atom. The zero-order valence-corrected chi connectivity index (χ0v) is 25.3. The lowest BCUT2D eigenvalue weighted by molar-refractivity contribution is -0.262. The molecular formula is C29H42ClNO11. The van der Waals surface area contributed by atoms with Crippen LogP contribution in [0.25, 0.3) is 0 Å². The molecule has 0 spiro atoms. The Kier molecular flexibility index (Phi) is 13.8. The molecule has 4 N–H and O–H groups in total. The van der Waals surface area contributed by atoms with Gasteiger partial charge in [-0.05, 0) is 50.3 Å². The summed E-state index contributed by atoms with van der Waals surface area (Å²) in [6, 6.07) is 4.00. The highest BCUT2D eigenvalue weighted by Crippen LogP contribution is 2.35. The zero-order valence-electron chi connectivity index (χ0n) is 24.5. The van der Waals surface area contributed by atoms with Crippen molar-refractivity contribution in [3.63, 3.8) is 0 Å². The molecule has 1 fully saturated rings. The number of hydrogen-bond donors (Lipinski definition) is 3. The van der Waals surface area contributed by atoms with Crippen molar-refractivity contribution in [2.45, 2.75) is 102 Å². The van der Waals surface area contributed by atoms with Gasteiger partial charge in [0, 0.05) is 19.3 Å². The van der Waals surface area contributed by atoms with E-state index in [0.717, 1.165) is 0 Å². The predicted octanol–water partition coefficient (Wildman–Crippen LogP) is 3.77. The molecule has 12 nitrogen and oxygen atoms in total. The van der Waals surface area contributed by atoms with Gasteiger partial charge in [-0.25, -0.2) is 4.79 Å². The number of aromatic hydroxyl groups is 2. The first kappa shape index (κ1) is 35.1. The molecule has 1 aliphatic rings. The number of rotatable bonds is 15. The van der Waals surface area contributed by atoms with E-state index >= 15 is 0 Å². The molecule has 1 aromatic carbocycles. The molecule has 236 valence electrons. The molecular weight excluding hydrogens is 574 g/mol. The second kappa shape index (κ2) is 16.5. The molecule has 1 aliphatic heterocycles. The van der Waals surface area contributed by atoms with Crippen molar-refractivity contribution in [1.82, 2.24) is 0 Å². The van der Waals surface area contributed by atoms with Crippen LogP contribution in [0, 0.1) is 5.92 Å². The summed E-state index contributed by atoms with van der Waals surface area (Å²) >= 11 is 6.47. The molecule has 0 radical (unpaired) electrons. The van der Waals surface area contributed by atoms with Crippen LogP contribution in [-0.4, -0.2) is 71.3 Å². The van der Waals surface area contributed by atoms with Crippen molar-refractivity contribution < 1.29 is 53.1 Å². The second-order valence-corrected chi connectivity index (χ2v) is 11.1. The van der Waals surface area contributed by atoms with Gasteiger partial charge in [-0.2, -0.15) is 0 Å². The molecule has 42 heavy (non-hydrogen) atoms. The van der Waals surface area contributed by atoms with Crippen LogP contribution >= 0.6 is 11.6 Å². The maximum atomic E-state index is 13.3. The monoisotopic (exact) mass is 615 g/mol. The summed E-state index contributed by atoms with van der Waals surface area (Å²) in [5, 5.41) is 18.5. The summed E-state index contributed by atoms with van der Waals surface area (Å²) in [7, 11) is 0. The first-order chi connectivity index (χ1) is 19.8. The smallest absolute Gasteiger partial charge is 0.328 e. The Labute approximate surface area is 250 Å². The Balaban J connectivity index is 2.29. The number of carbonyl (C=O) groups excluding carboxylic acids is 4. The van der Waals surface area contributed by atoms with Crippen molar-refractivity contribution in [2.24, 2.45) is 11.7 Å². The first-order valence-electron chi connectivity index (χ1n) is 14.1. The van der Waals surface area contributed by atoms with E-state index in [4.69, 9.17) is 41.0 Å². The van der Waals surface area contributed by atoms with Gasteiger partial charge >= 0.3 is 23.9 Å². The van der Waals surface area contributed by atoms with Crippen molar-refractivity contribution >= 4 is 35.5 Å². The van der Waals surface area contributed by atoms with Crippen molar-refractivity contribution in [3.8, 4) is 11.5 Å². The highest BCUT2D eigenvalue weighted by atomic mass is 35.5. The maximum Gasteiger partial charge on any atom is 0.328 e. The second-order valence-electron chi connectivity index (χ2n) is 10.5. The summed E-state index contributed by atoms with van der Waals surface area (Å²) < 4.78 is 28.1. The van der Waals surface area contributed by atoms with E-state index in [9.17, 15) is 29.4 Å². The Morgan fingerprint density at radius 3 is 2.17 bits per heavy atom. The van der Waals surface area contributed by atoms with E-state index in [1.165, 1.54) is 25.1 Å². The van der Waals surface area contributed by atoms with E-state index in [0.29, 0.717) is 24.8 Å². The van der Waals surface area contributed by atoms with Crippen LogP contribution in [0.2, 0.25) is 0 Å². The van der Waals surface area contributed by atoms with E-state index in [-0.39, 0.29) is 50.4 Å². The lowest BCUT2D eigenvalue weighted by Gasteiger charge is -2.41. The number of ether oxygens (including phenoxy) is 5. The van der Waals surface area contributed by atoms with Crippen molar-refractivity contribution in [2.75, 3.05) is 13.2 Å². The van der Waals surface area contributed by atoms with E-state index in [1.807, 2.05) is 6.92 Å². The first-order valence-corrected chi connectivity index (χ1v) is 14.6. The Morgan fingerprint density at radius 2 is 1.57 bits per heavy atom. The number of phenols is 2. The Hall–Kier alpha value is -3.09. The van der Waals surface area contributed by atoms with Gasteiger partial charge in [0.15, 0.2) is 23.7 Å². The topological polar surface area (TPSA) is 181 Å². The zero-order chi connectivity index (χ0) is 31.4. The number of nitrogens with two attached hydrogens (primary N) is 1. The van der Waals surface area contributed by atoms with E-state index in [2.05, 4.69) is 0 Å². The van der Waals surface area contributed by atoms with Gasteiger partial charge in [-0.15, -0.1) is 11.6 Å². The third kappa shape index (κ3) is 10.3. The number of hydrogen-bond acceptors (Lipinski definition) is 12. The van der Waals surface area contributed by atoms with Crippen LogP contribution in [0.1, 0.15) is 83.6 Å². The van der Waals surface area contributed by atoms with Crippen LogP contribution in [0.15, 0.2) is 18.2 Å². The minimum atomic E-state index is -1.66. The van der Waals surface area contributed by atoms with Gasteiger partial charge < -0.3 is 39.6 Å². The fourth-order valence-electron chi connectivity index (χ4n) is 4.26. The van der Waals surface area contributed by atoms with Gasteiger partial charge in [0.05, 0.1) is 17.9 Å². The normalized spacial score (nSPS) is 22.3. The average molecular weight is 616 g/mol. The minimum absolute atomic E-state index is 0.0879. The summed E-state index contributed by atoms with van der Waals surface area (Å²) in [6.45, 7) is 6.20. The van der Waals surface area contributed by atoms with Crippen LogP contribution in [0.3, 0.4) is 0 Å². The van der Waals surface area contributed by atoms with Gasteiger partial charge in [0.1, 0.15) is 12.1 Å². The Bertz CT molecular complexity index is 1080. The van der Waals surface area contributed by atoms with E-state index < -0.39 is 59.2 Å². The van der Waals surface area contributed by atoms with Gasteiger partial charge in [-0.3, -0.25) is 14.4 Å². The molecule has 0 bridgehead atoms. The third-order valence-electron chi connectivity index (χ3n) is 6.57. The SMILES string of the molecule is CCCC(=O)OC[C@H]1C(OC(=O)[C@@](C)(N)CC(Cl)c2ccc(O)c(O)c2)OC[C@@H](OC(=O)CCC)[C@@H]1OC(=O)CCC. The largest absolute Gasteiger partial charge is 0.504 e. The van der Waals surface area contributed by atoms with E-state index in [1.54, 1.807) is 13.8 Å². The van der Waals surface area contributed by atoms with Crippen LogP contribution < -0.4 is 5.73 Å². The fraction of sp³-hybridized carbons (Fsp3) is 0.655. The molecule has 2 unspecified atom stereocenters. The number of benzene rings is 1. The average Bonchev–Trinajstić information content (AvgIpc) is 2.91. The lowest BCUT2D eigenvalue weighted by Crippen LogP contribution is -2.57. The number of esters is 4. The van der Waals surface area contributed by atoms with Crippen LogP contribution in [0.5, 0.6) is 11.5 Å². The number of carbonyl (C=O) groups is 4. The molecule has 0 saturated carbocycles. The highest BCUT2D eigenvalue weighted by Gasteiger charge is 2.49. The molecule has 2 rings (SSSR count). The number of halogens is 1. The molecule has 6 atom stereocenters. The van der Waals surface area contributed by atoms with Gasteiger partial charge in [0.2, 0.25) is 6.29 Å². The summed E-state index contributed by atoms with van der Waals surface area (Å²) in [4.78, 5) is 50.4. The lowest BCUT2D eigenvalue weighted by atomic mass is 9.92. The standard InChI is InChI=1S/C29H42ClNO11/c1-5-8-23(34)38-15-18-26(41-25(36)10-7-3)22(40-24(35)9-6-2)16-39-27(18)42-28(37)29(4,31)14-19(30)17-11-12-20(32)21(33)13-17/h11-13,18-19,22,26-27,32-33H,5-10,14-16,31H2,1-4H3/t18-,19?,22-,26-,27?,29+/m1/s1. The molecule has 0 aliphatic carbocycles. The fourth-order valence-corrected chi connectivity index (χ4v) is 4.72. The number of phenolic OH excluding ortho intramolecular Hbond substituents is 2. The predicted molar refractivity (Wildman–Crippen MR) is 150 cm³/mol. The summed E-state index contributed by atoms with van der Waals surface area (Å²) in [5.74, 6) is -4.27. The number of alkyl halides is 1. The minimum Gasteiger partial charge on any atom is -0.504 e. The third-order valence-corrected chi connectivity index (χ3v) is 6.97.